The molecule has 0 aromatic rings. The number of rotatable bonds is 4. The molecule has 0 saturated heterocycles. The van der Waals surface area contributed by atoms with Gasteiger partial charge in [-0.2, -0.15) is 0 Å². The highest BCUT2D eigenvalue weighted by molar-refractivity contribution is 5.33. The van der Waals surface area contributed by atoms with Crippen molar-refractivity contribution in [1.29, 1.82) is 0 Å². The van der Waals surface area contributed by atoms with Crippen molar-refractivity contribution in [2.75, 3.05) is 0 Å². The summed E-state index contributed by atoms with van der Waals surface area (Å²) in [5, 5.41) is 3.35. The van der Waals surface area contributed by atoms with E-state index in [0.29, 0.717) is 12.0 Å². The highest BCUT2D eigenvalue weighted by Crippen LogP contribution is 2.14. The molecule has 0 aliphatic heterocycles. The molecule has 15 heavy (non-hydrogen) atoms. The minimum Gasteiger partial charge on any atom is -0.377 e. The van der Waals surface area contributed by atoms with Crippen LogP contribution >= 0.6 is 0 Å². The molecule has 1 N–H and O–H groups in total. The summed E-state index contributed by atoms with van der Waals surface area (Å²) in [6.45, 7) is 8.75. The Bertz CT molecular complexity index is 323. The van der Waals surface area contributed by atoms with Gasteiger partial charge in [0.05, 0.1) is 5.70 Å². The van der Waals surface area contributed by atoms with Gasteiger partial charge in [-0.05, 0) is 43.9 Å². The quantitative estimate of drug-likeness (QED) is 0.689. The van der Waals surface area contributed by atoms with Crippen LogP contribution in [0.3, 0.4) is 0 Å². The van der Waals surface area contributed by atoms with E-state index in [2.05, 4.69) is 57.0 Å². The Labute approximate surface area is 93.3 Å². The maximum Gasteiger partial charge on any atom is 0.0775 e. The van der Waals surface area contributed by atoms with Crippen LogP contribution in [0.2, 0.25) is 0 Å². The van der Waals surface area contributed by atoms with Gasteiger partial charge in [-0.1, -0.05) is 31.7 Å². The lowest BCUT2D eigenvalue weighted by molar-refractivity contribution is 0.649. The molecule has 0 spiro atoms. The molecular weight excluding hydrogens is 182 g/mol. The van der Waals surface area contributed by atoms with E-state index in [0.717, 1.165) is 12.1 Å². The summed E-state index contributed by atoms with van der Waals surface area (Å²) in [5.74, 6) is 0.703. The summed E-state index contributed by atoms with van der Waals surface area (Å²) in [6, 6.07) is 0.456. The average molecular weight is 203 g/mol. The zero-order valence-electron chi connectivity index (χ0n) is 10.2. The molecule has 0 fully saturated rings. The molecule has 0 amide bonds. The van der Waals surface area contributed by atoms with Crippen LogP contribution in [0.5, 0.6) is 0 Å². The first kappa shape index (κ1) is 11.9. The Hall–Kier alpha value is -1.20. The molecule has 0 bridgehead atoms. The summed E-state index contributed by atoms with van der Waals surface area (Å²) in [6.07, 6.45) is 9.57. The predicted molar refractivity (Wildman–Crippen MR) is 66.5 cm³/mol. The van der Waals surface area contributed by atoms with E-state index in [1.165, 1.54) is 5.57 Å². The number of nitrogens with one attached hydrogen (secondary N) is 1. The van der Waals surface area contributed by atoms with Crippen LogP contribution in [0.25, 0.3) is 0 Å². The molecule has 1 aliphatic rings. The van der Waals surface area contributed by atoms with Gasteiger partial charge in [-0.3, -0.25) is 0 Å². The largest absolute Gasteiger partial charge is 0.377 e. The third kappa shape index (κ3) is 4.71. The van der Waals surface area contributed by atoms with E-state index in [1.54, 1.807) is 0 Å². The van der Waals surface area contributed by atoms with Crippen molar-refractivity contribution in [2.45, 2.75) is 40.2 Å². The first-order chi connectivity index (χ1) is 7.08. The van der Waals surface area contributed by atoms with Gasteiger partial charge in [-0.15, -0.1) is 0 Å². The minimum absolute atomic E-state index is 0.456. The van der Waals surface area contributed by atoms with Crippen LogP contribution < -0.4 is 5.32 Å². The third-order valence-electron chi connectivity index (χ3n) is 2.09. The van der Waals surface area contributed by atoms with Crippen molar-refractivity contribution in [1.82, 2.24) is 5.32 Å². The topological polar surface area (TPSA) is 12.0 Å². The van der Waals surface area contributed by atoms with Crippen LogP contribution in [0, 0.1) is 5.92 Å². The standard InChI is InChI=1S/C14H21N/c1-11(2)10-13-6-5-7-14(9-8-13)15-12(3)4/h5-6,8-9,11-12,15H,10H2,1-4H3. The van der Waals surface area contributed by atoms with Gasteiger partial charge in [0, 0.05) is 6.04 Å². The summed E-state index contributed by atoms with van der Waals surface area (Å²) in [5.41, 5.74) is 5.68. The molecule has 1 rings (SSSR count). The molecule has 0 atom stereocenters. The number of allylic oxidation sites excluding steroid dienone is 4. The van der Waals surface area contributed by atoms with Gasteiger partial charge in [0.15, 0.2) is 0 Å². The smallest absolute Gasteiger partial charge is 0.0775 e. The number of hydrogen-bond acceptors (Lipinski definition) is 1. The normalized spacial score (nSPS) is 15.3. The lowest BCUT2D eigenvalue weighted by atomic mass is 10.0. The molecule has 0 aromatic heterocycles. The van der Waals surface area contributed by atoms with E-state index >= 15 is 0 Å². The van der Waals surface area contributed by atoms with Crippen molar-refractivity contribution in [3.05, 3.63) is 41.3 Å². The maximum atomic E-state index is 3.35. The fourth-order valence-electron chi connectivity index (χ4n) is 1.54. The predicted octanol–water partition coefficient (Wildman–Crippen LogP) is 3.57. The summed E-state index contributed by atoms with van der Waals surface area (Å²) in [4.78, 5) is 0. The van der Waals surface area contributed by atoms with Crippen molar-refractivity contribution < 1.29 is 0 Å². The lowest BCUT2D eigenvalue weighted by Crippen LogP contribution is -2.20. The molecule has 0 aromatic carbocycles. The van der Waals surface area contributed by atoms with E-state index in [9.17, 15) is 0 Å². The molecule has 1 heteroatoms. The molecule has 0 radical (unpaired) electrons. The van der Waals surface area contributed by atoms with E-state index < -0.39 is 0 Å². The third-order valence-corrected chi connectivity index (χ3v) is 2.09. The SMILES string of the molecule is CC(C)CC1=CC=C=C(NC(C)C)C=C1. The second-order valence-corrected chi connectivity index (χ2v) is 4.70. The van der Waals surface area contributed by atoms with Crippen LogP contribution in [0.15, 0.2) is 41.3 Å². The van der Waals surface area contributed by atoms with Gasteiger partial charge in [-0.25, -0.2) is 0 Å². The van der Waals surface area contributed by atoms with Gasteiger partial charge in [0.2, 0.25) is 0 Å². The number of hydrogen-bond donors (Lipinski definition) is 1. The van der Waals surface area contributed by atoms with Gasteiger partial charge < -0.3 is 5.32 Å². The van der Waals surface area contributed by atoms with Crippen LogP contribution in [-0.4, -0.2) is 6.04 Å². The Morgan fingerprint density at radius 2 is 1.93 bits per heavy atom. The van der Waals surface area contributed by atoms with Crippen LogP contribution in [0.1, 0.15) is 34.1 Å². The Kier molecular flexibility index (Phi) is 4.45. The summed E-state index contributed by atoms with van der Waals surface area (Å²) >= 11 is 0. The Morgan fingerprint density at radius 1 is 1.20 bits per heavy atom. The second-order valence-electron chi connectivity index (χ2n) is 4.70. The highest BCUT2D eigenvalue weighted by atomic mass is 14.9. The van der Waals surface area contributed by atoms with Crippen molar-refractivity contribution in [2.24, 2.45) is 5.92 Å². The van der Waals surface area contributed by atoms with Crippen molar-refractivity contribution in [3.8, 4) is 0 Å². The van der Waals surface area contributed by atoms with Gasteiger partial charge in [0.1, 0.15) is 0 Å². The highest BCUT2D eigenvalue weighted by Gasteiger charge is 2.00. The fourth-order valence-corrected chi connectivity index (χ4v) is 1.54. The summed E-state index contributed by atoms with van der Waals surface area (Å²) in [7, 11) is 0. The molecular formula is C14H21N. The van der Waals surface area contributed by atoms with E-state index in [4.69, 9.17) is 0 Å². The first-order valence-corrected chi connectivity index (χ1v) is 5.68. The zero-order valence-corrected chi connectivity index (χ0v) is 10.2. The molecule has 82 valence electrons. The first-order valence-electron chi connectivity index (χ1n) is 5.68. The van der Waals surface area contributed by atoms with Crippen LogP contribution in [0.4, 0.5) is 0 Å². The van der Waals surface area contributed by atoms with Gasteiger partial charge >= 0.3 is 0 Å². The maximum absolute atomic E-state index is 3.35. The molecule has 0 unspecified atom stereocenters. The average Bonchev–Trinajstić information content (AvgIpc) is 2.29. The molecule has 0 saturated carbocycles. The fraction of sp³-hybridized carbons (Fsp3) is 0.500. The Balaban J connectivity index is 2.63. The monoisotopic (exact) mass is 203 g/mol. The van der Waals surface area contributed by atoms with Crippen molar-refractivity contribution >= 4 is 0 Å². The van der Waals surface area contributed by atoms with Gasteiger partial charge in [0.25, 0.3) is 0 Å². The molecule has 0 heterocycles. The molecule has 1 nitrogen and oxygen atoms in total. The van der Waals surface area contributed by atoms with Crippen LogP contribution in [-0.2, 0) is 0 Å². The van der Waals surface area contributed by atoms with Crippen molar-refractivity contribution in [3.63, 3.8) is 0 Å². The lowest BCUT2D eigenvalue weighted by Gasteiger charge is -2.08. The minimum atomic E-state index is 0.456. The second kappa shape index (κ2) is 5.63. The van der Waals surface area contributed by atoms with E-state index in [-0.39, 0.29) is 0 Å². The zero-order chi connectivity index (χ0) is 11.3. The summed E-state index contributed by atoms with van der Waals surface area (Å²) < 4.78 is 0. The Morgan fingerprint density at radius 3 is 2.53 bits per heavy atom. The van der Waals surface area contributed by atoms with E-state index in [1.807, 2.05) is 6.08 Å². The molecule has 1 aliphatic carbocycles.